The number of nitrogens with zero attached hydrogens (tertiary/aromatic N) is 3. The molecule has 0 saturated carbocycles. The van der Waals surface area contributed by atoms with Gasteiger partial charge in [0.15, 0.2) is 0 Å². The summed E-state index contributed by atoms with van der Waals surface area (Å²) in [6, 6.07) is 27.2. The Hall–Kier alpha value is -3.39. The summed E-state index contributed by atoms with van der Waals surface area (Å²) < 4.78 is 11.2. The number of piperidine rings is 2. The van der Waals surface area contributed by atoms with E-state index in [1.54, 1.807) is 14.2 Å². The van der Waals surface area contributed by atoms with Gasteiger partial charge in [-0.25, -0.2) is 0 Å². The van der Waals surface area contributed by atoms with E-state index in [-0.39, 0.29) is 11.8 Å². The molecule has 2 aliphatic rings. The van der Waals surface area contributed by atoms with Gasteiger partial charge in [-0.15, -0.1) is 0 Å². The molecular formula is C41H58N4O3. The number of methoxy groups -OCH3 is 2. The fourth-order valence-electron chi connectivity index (χ4n) is 8.37. The topological polar surface area (TPSA) is 71.3 Å². The van der Waals surface area contributed by atoms with Crippen molar-refractivity contribution in [3.8, 4) is 11.5 Å². The van der Waals surface area contributed by atoms with Gasteiger partial charge in [0.25, 0.3) is 0 Å². The summed E-state index contributed by atoms with van der Waals surface area (Å²) in [6.07, 6.45) is 10.8. The predicted molar refractivity (Wildman–Crippen MR) is 196 cm³/mol. The minimum absolute atomic E-state index is 0.153. The second kappa shape index (κ2) is 17.8. The largest absolute Gasteiger partial charge is 0.496 e. The number of nitrogens with two attached hydrogens (primary N) is 1. The second-order valence-corrected chi connectivity index (χ2v) is 13.9. The van der Waals surface area contributed by atoms with Crippen LogP contribution in [0.25, 0.3) is 0 Å². The molecule has 0 aliphatic carbocycles. The number of hydrogen-bond acceptors (Lipinski definition) is 6. The molecule has 48 heavy (non-hydrogen) atoms. The Morgan fingerprint density at radius 1 is 0.771 bits per heavy atom. The van der Waals surface area contributed by atoms with Crippen molar-refractivity contribution in [2.45, 2.75) is 75.8 Å². The highest BCUT2D eigenvalue weighted by molar-refractivity contribution is 5.91. The van der Waals surface area contributed by atoms with Crippen LogP contribution in [0.2, 0.25) is 0 Å². The highest BCUT2D eigenvalue weighted by atomic mass is 16.5. The maximum absolute atomic E-state index is 13.5. The molecule has 2 saturated heterocycles. The molecule has 7 nitrogen and oxygen atoms in total. The van der Waals surface area contributed by atoms with Crippen LogP contribution in [0.4, 0.5) is 0 Å². The van der Waals surface area contributed by atoms with Crippen molar-refractivity contribution in [2.24, 2.45) is 11.7 Å². The first-order valence-electron chi connectivity index (χ1n) is 18.2. The van der Waals surface area contributed by atoms with E-state index < -0.39 is 5.41 Å². The van der Waals surface area contributed by atoms with Gasteiger partial charge in [0.2, 0.25) is 5.91 Å². The summed E-state index contributed by atoms with van der Waals surface area (Å²) in [5, 5.41) is 0. The molecule has 260 valence electrons. The molecule has 7 heteroatoms. The fraction of sp³-hybridized carbons (Fsp3) is 0.537. The molecule has 2 fully saturated rings. The van der Waals surface area contributed by atoms with Gasteiger partial charge >= 0.3 is 0 Å². The lowest BCUT2D eigenvalue weighted by atomic mass is 9.63. The first-order chi connectivity index (χ1) is 23.5. The SMILES string of the molecule is COc1cccc(OC)c1CN1CCC(N(C)CCCCCCCN2CCC[C@@H](C(C(N)=O)(c3ccccc3)c3ccccc3)C2)CC1. The van der Waals surface area contributed by atoms with Gasteiger partial charge in [-0.1, -0.05) is 86.0 Å². The van der Waals surface area contributed by atoms with Crippen LogP contribution in [0.1, 0.15) is 74.5 Å². The summed E-state index contributed by atoms with van der Waals surface area (Å²) in [6.45, 7) is 7.35. The first-order valence-corrected chi connectivity index (χ1v) is 18.2. The average Bonchev–Trinajstić information content (AvgIpc) is 3.13. The standard InChI is InChI=1S/C41H58N4O3/c1-43(36-24-29-45(30-25-36)32-37-38(47-2)22-15-23-39(37)48-3)26-13-5-4-6-14-27-44-28-16-21-35(31-44)41(40(42)46,33-17-9-7-10-18-33)34-19-11-8-12-20-34/h7-12,15,17-20,22-23,35-36H,4-6,13-14,16,21,24-32H2,1-3H3,(H2,42,46)/t35-/m1/s1. The van der Waals surface area contributed by atoms with Crippen LogP contribution in [0, 0.1) is 5.92 Å². The monoisotopic (exact) mass is 654 g/mol. The molecule has 0 unspecified atom stereocenters. The predicted octanol–water partition coefficient (Wildman–Crippen LogP) is 6.73. The molecule has 3 aromatic carbocycles. The summed E-state index contributed by atoms with van der Waals surface area (Å²) in [4.78, 5) is 21.2. The normalized spacial score (nSPS) is 18.2. The number of carbonyl (C=O) groups excluding carboxylic acids is 1. The highest BCUT2D eigenvalue weighted by Gasteiger charge is 2.48. The van der Waals surface area contributed by atoms with Crippen LogP contribution in [0.5, 0.6) is 11.5 Å². The molecular weight excluding hydrogens is 596 g/mol. The van der Waals surface area contributed by atoms with E-state index >= 15 is 0 Å². The lowest BCUT2D eigenvalue weighted by molar-refractivity contribution is -0.124. The number of ether oxygens (including phenoxy) is 2. The molecule has 5 rings (SSSR count). The van der Waals surface area contributed by atoms with E-state index in [0.29, 0.717) is 6.04 Å². The number of amides is 1. The maximum atomic E-state index is 13.5. The summed E-state index contributed by atoms with van der Waals surface area (Å²) >= 11 is 0. The van der Waals surface area contributed by atoms with Crippen molar-refractivity contribution in [3.05, 3.63) is 95.6 Å². The Kier molecular flexibility index (Phi) is 13.3. The molecule has 1 amide bonds. The molecule has 0 bridgehead atoms. The number of likely N-dealkylation sites (tertiary alicyclic amines) is 2. The van der Waals surface area contributed by atoms with E-state index in [1.807, 2.05) is 54.6 Å². The van der Waals surface area contributed by atoms with Crippen molar-refractivity contribution in [2.75, 3.05) is 60.5 Å². The second-order valence-electron chi connectivity index (χ2n) is 13.9. The maximum Gasteiger partial charge on any atom is 0.232 e. The number of primary amides is 1. The lowest BCUT2D eigenvalue weighted by Gasteiger charge is -2.44. The van der Waals surface area contributed by atoms with Gasteiger partial charge in [-0.3, -0.25) is 9.69 Å². The summed E-state index contributed by atoms with van der Waals surface area (Å²) in [5.41, 5.74) is 8.69. The Balaban J connectivity index is 1.02. The third kappa shape index (κ3) is 8.60. The average molecular weight is 655 g/mol. The van der Waals surface area contributed by atoms with E-state index in [1.165, 1.54) is 51.5 Å². The Labute approximate surface area is 289 Å². The number of benzene rings is 3. The van der Waals surface area contributed by atoms with Gasteiger partial charge in [0, 0.05) is 19.1 Å². The van der Waals surface area contributed by atoms with Crippen LogP contribution >= 0.6 is 0 Å². The number of unbranched alkanes of at least 4 members (excludes halogenated alkanes) is 4. The van der Waals surface area contributed by atoms with Crippen molar-refractivity contribution in [1.82, 2.24) is 14.7 Å². The van der Waals surface area contributed by atoms with Crippen molar-refractivity contribution < 1.29 is 14.3 Å². The van der Waals surface area contributed by atoms with Gasteiger partial charge in [-0.05, 0) is 107 Å². The Morgan fingerprint density at radius 2 is 1.35 bits per heavy atom. The zero-order chi connectivity index (χ0) is 33.8. The van der Waals surface area contributed by atoms with Gasteiger partial charge in [0.05, 0.1) is 19.8 Å². The molecule has 0 aromatic heterocycles. The number of hydrogen-bond donors (Lipinski definition) is 1. The lowest BCUT2D eigenvalue weighted by Crippen LogP contribution is -2.53. The number of rotatable bonds is 17. The van der Waals surface area contributed by atoms with Crippen LogP contribution < -0.4 is 15.2 Å². The van der Waals surface area contributed by atoms with Crippen LogP contribution in [-0.2, 0) is 16.8 Å². The van der Waals surface area contributed by atoms with Gasteiger partial charge in [0.1, 0.15) is 16.9 Å². The van der Waals surface area contributed by atoms with Crippen LogP contribution in [-0.4, -0.2) is 87.2 Å². The van der Waals surface area contributed by atoms with Gasteiger partial charge in [-0.2, -0.15) is 0 Å². The van der Waals surface area contributed by atoms with Crippen molar-refractivity contribution in [3.63, 3.8) is 0 Å². The fourth-order valence-corrected chi connectivity index (χ4v) is 8.37. The van der Waals surface area contributed by atoms with Crippen LogP contribution in [0.15, 0.2) is 78.9 Å². The zero-order valence-electron chi connectivity index (χ0n) is 29.6. The number of carbonyl (C=O) groups is 1. The van der Waals surface area contributed by atoms with Crippen molar-refractivity contribution >= 4 is 5.91 Å². The molecule has 0 radical (unpaired) electrons. The quantitative estimate of drug-likeness (QED) is 0.163. The highest BCUT2D eigenvalue weighted by Crippen LogP contribution is 2.43. The van der Waals surface area contributed by atoms with E-state index in [0.717, 1.165) is 80.3 Å². The summed E-state index contributed by atoms with van der Waals surface area (Å²) in [7, 11) is 5.78. The third-order valence-electron chi connectivity index (χ3n) is 11.0. The minimum atomic E-state index is -0.813. The molecule has 2 N–H and O–H groups in total. The summed E-state index contributed by atoms with van der Waals surface area (Å²) in [5.74, 6) is 1.73. The third-order valence-corrected chi connectivity index (χ3v) is 11.0. The van der Waals surface area contributed by atoms with E-state index in [2.05, 4.69) is 46.0 Å². The molecule has 3 aromatic rings. The molecule has 1 atom stereocenters. The Bertz CT molecular complexity index is 1330. The van der Waals surface area contributed by atoms with Crippen LogP contribution in [0.3, 0.4) is 0 Å². The van der Waals surface area contributed by atoms with E-state index in [9.17, 15) is 4.79 Å². The Morgan fingerprint density at radius 3 is 1.94 bits per heavy atom. The van der Waals surface area contributed by atoms with Gasteiger partial charge < -0.3 is 25.0 Å². The van der Waals surface area contributed by atoms with E-state index in [4.69, 9.17) is 15.2 Å². The molecule has 2 aliphatic heterocycles. The first kappa shape index (κ1) is 35.9. The molecule has 0 spiro atoms. The molecule has 2 heterocycles. The minimum Gasteiger partial charge on any atom is -0.496 e. The smallest absolute Gasteiger partial charge is 0.232 e. The van der Waals surface area contributed by atoms with Crippen molar-refractivity contribution in [1.29, 1.82) is 0 Å². The zero-order valence-corrected chi connectivity index (χ0v) is 29.6.